The number of methoxy groups -OCH3 is 1. The number of carboxylic acids is 1. The van der Waals surface area contributed by atoms with Gasteiger partial charge >= 0.3 is 11.9 Å². The van der Waals surface area contributed by atoms with Gasteiger partial charge < -0.3 is 9.84 Å². The molecule has 0 saturated heterocycles. The molecule has 0 atom stereocenters. The maximum Gasteiger partial charge on any atom is 0.331 e. The summed E-state index contributed by atoms with van der Waals surface area (Å²) in [4.78, 5) is 23.0. The quantitative estimate of drug-likeness (QED) is 0.428. The van der Waals surface area contributed by atoms with Crippen LogP contribution < -0.4 is 0 Å². The van der Waals surface area contributed by atoms with Crippen LogP contribution in [0.25, 0.3) is 0 Å². The first-order valence-corrected chi connectivity index (χ1v) is 5.62. The zero-order valence-electron chi connectivity index (χ0n) is 10.0. The highest BCUT2D eigenvalue weighted by Crippen LogP contribution is 2.57. The maximum absolute atomic E-state index is 11.7. The lowest BCUT2D eigenvalue weighted by Crippen LogP contribution is -2.31. The van der Waals surface area contributed by atoms with Crippen LogP contribution in [0.2, 0.25) is 0 Å². The molecule has 0 aromatic heterocycles. The van der Waals surface area contributed by atoms with Crippen molar-refractivity contribution in [3.8, 4) is 0 Å². The Morgan fingerprint density at radius 3 is 1.88 bits per heavy atom. The van der Waals surface area contributed by atoms with Crippen molar-refractivity contribution in [1.82, 2.24) is 0 Å². The van der Waals surface area contributed by atoms with Crippen molar-refractivity contribution >= 4 is 11.9 Å². The third kappa shape index (κ3) is 1.62. The van der Waals surface area contributed by atoms with E-state index in [2.05, 4.69) is 4.74 Å². The van der Waals surface area contributed by atoms with E-state index in [0.717, 1.165) is 24.0 Å². The molecular formula is C12H18O4. The summed E-state index contributed by atoms with van der Waals surface area (Å²) in [5.41, 5.74) is 0.105. The number of carbonyl (C=O) groups is 2. The highest BCUT2D eigenvalue weighted by Gasteiger charge is 2.64. The van der Waals surface area contributed by atoms with Crippen LogP contribution in [0.5, 0.6) is 0 Å². The highest BCUT2D eigenvalue weighted by molar-refractivity contribution is 6.12. The fourth-order valence-electron chi connectivity index (χ4n) is 2.31. The lowest BCUT2D eigenvalue weighted by Gasteiger charge is -2.12. The molecule has 1 rings (SSSR count). The summed E-state index contributed by atoms with van der Waals surface area (Å²) in [6.07, 6.45) is 3.01. The molecule has 90 valence electrons. The average molecular weight is 226 g/mol. The van der Waals surface area contributed by atoms with E-state index < -0.39 is 17.4 Å². The lowest BCUT2D eigenvalue weighted by atomic mass is 9.95. The Morgan fingerprint density at radius 2 is 1.62 bits per heavy atom. The molecule has 0 fully saturated rings. The van der Waals surface area contributed by atoms with Gasteiger partial charge in [-0.15, -0.1) is 0 Å². The molecule has 16 heavy (non-hydrogen) atoms. The number of carboxylic acid groups (broad SMARTS) is 1. The van der Waals surface area contributed by atoms with Crippen molar-refractivity contribution in [2.24, 2.45) is 5.41 Å². The fraction of sp³-hybridized carbons (Fsp3) is 0.667. The van der Waals surface area contributed by atoms with Crippen LogP contribution in [0.4, 0.5) is 0 Å². The van der Waals surface area contributed by atoms with Gasteiger partial charge in [0, 0.05) is 0 Å². The summed E-state index contributed by atoms with van der Waals surface area (Å²) >= 11 is 0. The van der Waals surface area contributed by atoms with Crippen LogP contribution in [0.3, 0.4) is 0 Å². The average Bonchev–Trinajstić information content (AvgIpc) is 2.87. The molecule has 0 aliphatic heterocycles. The summed E-state index contributed by atoms with van der Waals surface area (Å²) in [6.45, 7) is 3.94. The van der Waals surface area contributed by atoms with E-state index in [1.807, 2.05) is 13.8 Å². The molecule has 0 bridgehead atoms. The molecule has 0 saturated carbocycles. The second kappa shape index (κ2) is 4.68. The van der Waals surface area contributed by atoms with Crippen molar-refractivity contribution in [1.29, 1.82) is 0 Å². The highest BCUT2D eigenvalue weighted by atomic mass is 16.5. The first-order chi connectivity index (χ1) is 7.57. The van der Waals surface area contributed by atoms with Crippen LogP contribution in [0.15, 0.2) is 11.1 Å². The number of carbonyl (C=O) groups excluding carboxylic acids is 1. The van der Waals surface area contributed by atoms with E-state index >= 15 is 0 Å². The van der Waals surface area contributed by atoms with E-state index in [1.165, 1.54) is 7.11 Å². The number of esters is 1. The molecule has 0 radical (unpaired) electrons. The molecule has 0 unspecified atom stereocenters. The standard InChI is InChI=1S/C12H18O4/c1-4-6-8-9(7-5-2)12(8,10(13)14)11(15)16-3/h4-7H2,1-3H3,(H,13,14). The summed E-state index contributed by atoms with van der Waals surface area (Å²) in [6, 6.07) is 0. The number of hydrogen-bond donors (Lipinski definition) is 1. The van der Waals surface area contributed by atoms with Crippen LogP contribution in [0, 0.1) is 5.41 Å². The minimum atomic E-state index is -1.42. The van der Waals surface area contributed by atoms with Crippen molar-refractivity contribution in [3.05, 3.63) is 11.1 Å². The number of hydrogen-bond acceptors (Lipinski definition) is 3. The number of ether oxygens (including phenoxy) is 1. The van der Waals surface area contributed by atoms with Gasteiger partial charge in [0.25, 0.3) is 0 Å². The van der Waals surface area contributed by atoms with E-state index in [4.69, 9.17) is 0 Å². The van der Waals surface area contributed by atoms with E-state index in [9.17, 15) is 14.7 Å². The van der Waals surface area contributed by atoms with Gasteiger partial charge in [-0.2, -0.15) is 0 Å². The van der Waals surface area contributed by atoms with Crippen LogP contribution in [-0.4, -0.2) is 24.2 Å². The van der Waals surface area contributed by atoms with Gasteiger partial charge in [-0.05, 0) is 24.0 Å². The molecule has 0 amide bonds. The van der Waals surface area contributed by atoms with E-state index in [1.54, 1.807) is 0 Å². The SMILES string of the molecule is CCCC1=C(CCC)C1(C(=O)O)C(=O)OC. The second-order valence-electron chi connectivity index (χ2n) is 4.00. The Labute approximate surface area is 95.3 Å². The smallest absolute Gasteiger partial charge is 0.331 e. The van der Waals surface area contributed by atoms with Gasteiger partial charge in [-0.25, -0.2) is 0 Å². The minimum Gasteiger partial charge on any atom is -0.480 e. The number of rotatable bonds is 6. The third-order valence-corrected chi connectivity index (χ3v) is 3.02. The molecular weight excluding hydrogens is 208 g/mol. The molecule has 0 spiro atoms. The maximum atomic E-state index is 11.7. The van der Waals surface area contributed by atoms with E-state index in [0.29, 0.717) is 12.8 Å². The molecule has 0 aromatic rings. The van der Waals surface area contributed by atoms with Gasteiger partial charge in [0.1, 0.15) is 0 Å². The summed E-state index contributed by atoms with van der Waals surface area (Å²) < 4.78 is 4.63. The van der Waals surface area contributed by atoms with Crippen LogP contribution in [0.1, 0.15) is 39.5 Å². The zero-order valence-corrected chi connectivity index (χ0v) is 10.0. The fourth-order valence-corrected chi connectivity index (χ4v) is 2.31. The minimum absolute atomic E-state index is 0.646. The normalized spacial score (nSPS) is 17.2. The van der Waals surface area contributed by atoms with Crippen molar-refractivity contribution < 1.29 is 19.4 Å². The first-order valence-electron chi connectivity index (χ1n) is 5.62. The molecule has 4 nitrogen and oxygen atoms in total. The first kappa shape index (κ1) is 12.7. The molecule has 0 aromatic carbocycles. The Balaban J connectivity index is 2.99. The van der Waals surface area contributed by atoms with Gasteiger partial charge in [0.15, 0.2) is 0 Å². The van der Waals surface area contributed by atoms with Crippen LogP contribution >= 0.6 is 0 Å². The number of aliphatic carboxylic acids is 1. The molecule has 1 aliphatic rings. The monoisotopic (exact) mass is 226 g/mol. The molecule has 4 heteroatoms. The topological polar surface area (TPSA) is 63.6 Å². The van der Waals surface area contributed by atoms with Crippen molar-refractivity contribution in [2.45, 2.75) is 39.5 Å². The Morgan fingerprint density at radius 1 is 1.19 bits per heavy atom. The van der Waals surface area contributed by atoms with Gasteiger partial charge in [-0.1, -0.05) is 26.7 Å². The predicted molar refractivity (Wildman–Crippen MR) is 58.9 cm³/mol. The van der Waals surface area contributed by atoms with Crippen LogP contribution in [-0.2, 0) is 14.3 Å². The molecule has 1 N–H and O–H groups in total. The summed E-state index contributed by atoms with van der Waals surface area (Å²) in [5.74, 6) is -1.74. The third-order valence-electron chi connectivity index (χ3n) is 3.02. The Bertz CT molecular complexity index is 325. The lowest BCUT2D eigenvalue weighted by molar-refractivity contribution is -0.158. The Hall–Kier alpha value is -1.32. The summed E-state index contributed by atoms with van der Waals surface area (Å²) in [5, 5.41) is 9.26. The van der Waals surface area contributed by atoms with Gasteiger partial charge in [-0.3, -0.25) is 9.59 Å². The largest absolute Gasteiger partial charge is 0.480 e. The van der Waals surface area contributed by atoms with Gasteiger partial charge in [0.05, 0.1) is 7.11 Å². The molecule has 0 heterocycles. The Kier molecular flexibility index (Phi) is 3.73. The predicted octanol–water partition coefficient (Wildman–Crippen LogP) is 2.14. The van der Waals surface area contributed by atoms with E-state index in [-0.39, 0.29) is 0 Å². The van der Waals surface area contributed by atoms with Crippen molar-refractivity contribution in [3.63, 3.8) is 0 Å². The van der Waals surface area contributed by atoms with Crippen molar-refractivity contribution in [2.75, 3.05) is 7.11 Å². The van der Waals surface area contributed by atoms with Gasteiger partial charge in [0.2, 0.25) is 5.41 Å². The second-order valence-corrected chi connectivity index (χ2v) is 4.00. The summed E-state index contributed by atoms with van der Waals surface area (Å²) in [7, 11) is 1.23. The molecule has 1 aliphatic carbocycles. The zero-order chi connectivity index (χ0) is 12.3.